The minimum absolute atomic E-state index is 0.0242. The molecule has 0 aliphatic carbocycles. The second-order valence-corrected chi connectivity index (χ2v) is 8.02. The van der Waals surface area contributed by atoms with Gasteiger partial charge in [0.15, 0.2) is 0 Å². The molecule has 2 heterocycles. The number of aryl methyl sites for hydroxylation is 2. The van der Waals surface area contributed by atoms with Gasteiger partial charge in [-0.05, 0) is 62.6 Å². The minimum atomic E-state index is -0.0705. The van der Waals surface area contributed by atoms with Gasteiger partial charge < -0.3 is 10.2 Å². The number of benzene rings is 1. The molecular formula is C20H24N2O2S. The fourth-order valence-electron chi connectivity index (χ4n) is 3.43. The largest absolute Gasteiger partial charge is 0.345 e. The first kappa shape index (κ1) is 17.7. The van der Waals surface area contributed by atoms with Crippen molar-refractivity contribution >= 4 is 28.8 Å². The van der Waals surface area contributed by atoms with Crippen LogP contribution in [0, 0.1) is 13.8 Å². The number of fused-ring (bicyclic) bond motifs is 1. The lowest BCUT2D eigenvalue weighted by Crippen LogP contribution is -2.28. The lowest BCUT2D eigenvalue weighted by Gasteiger charge is -2.17. The van der Waals surface area contributed by atoms with E-state index < -0.39 is 0 Å². The monoisotopic (exact) mass is 356 g/mol. The molecule has 132 valence electrons. The van der Waals surface area contributed by atoms with Gasteiger partial charge in [-0.25, -0.2) is 0 Å². The minimum Gasteiger partial charge on any atom is -0.345 e. The molecule has 0 saturated heterocycles. The van der Waals surface area contributed by atoms with Crippen molar-refractivity contribution in [1.29, 1.82) is 0 Å². The Hall–Kier alpha value is -2.14. The van der Waals surface area contributed by atoms with Gasteiger partial charge in [-0.3, -0.25) is 9.59 Å². The van der Waals surface area contributed by atoms with E-state index in [2.05, 4.69) is 25.2 Å². The summed E-state index contributed by atoms with van der Waals surface area (Å²) in [5.41, 5.74) is 3.85. The maximum atomic E-state index is 12.6. The van der Waals surface area contributed by atoms with Gasteiger partial charge in [0.1, 0.15) is 0 Å². The van der Waals surface area contributed by atoms with Gasteiger partial charge >= 0.3 is 0 Å². The Bertz CT molecular complexity index is 825. The van der Waals surface area contributed by atoms with Crippen molar-refractivity contribution in [3.63, 3.8) is 0 Å². The molecule has 2 aromatic rings. The number of rotatable bonds is 4. The molecule has 0 radical (unpaired) electrons. The number of thiophene rings is 1. The summed E-state index contributed by atoms with van der Waals surface area (Å²) in [7, 11) is 0. The van der Waals surface area contributed by atoms with Crippen molar-refractivity contribution in [3.8, 4) is 0 Å². The Morgan fingerprint density at radius 3 is 2.68 bits per heavy atom. The average molecular weight is 356 g/mol. The lowest BCUT2D eigenvalue weighted by atomic mass is 10.1. The van der Waals surface area contributed by atoms with E-state index in [0.717, 1.165) is 17.7 Å². The van der Waals surface area contributed by atoms with Crippen molar-refractivity contribution in [1.82, 2.24) is 5.32 Å². The first-order valence-electron chi connectivity index (χ1n) is 8.71. The van der Waals surface area contributed by atoms with Crippen molar-refractivity contribution < 1.29 is 9.59 Å². The second kappa shape index (κ2) is 7.00. The zero-order valence-electron chi connectivity index (χ0n) is 15.2. The van der Waals surface area contributed by atoms with Crippen LogP contribution in [0.25, 0.3) is 0 Å². The van der Waals surface area contributed by atoms with E-state index in [1.165, 1.54) is 15.3 Å². The van der Waals surface area contributed by atoms with Crippen molar-refractivity contribution in [2.24, 2.45) is 0 Å². The van der Waals surface area contributed by atoms with Crippen LogP contribution in [-0.4, -0.2) is 18.4 Å². The Balaban J connectivity index is 1.76. The molecule has 1 unspecified atom stereocenters. The SMILES string of the molecule is CCC(=O)N1CCc2cc(C(=O)NC(C)c3cc(C)sc3C)ccc21. The number of amides is 2. The van der Waals surface area contributed by atoms with Crippen LogP contribution in [0.4, 0.5) is 5.69 Å². The van der Waals surface area contributed by atoms with Gasteiger partial charge in [-0.1, -0.05) is 6.92 Å². The molecule has 1 aliphatic rings. The zero-order valence-corrected chi connectivity index (χ0v) is 16.0. The maximum Gasteiger partial charge on any atom is 0.251 e. The third-order valence-electron chi connectivity index (χ3n) is 4.73. The fraction of sp³-hybridized carbons (Fsp3) is 0.400. The van der Waals surface area contributed by atoms with Crippen LogP contribution in [0.2, 0.25) is 0 Å². The molecule has 1 atom stereocenters. The molecule has 1 aliphatic heterocycles. The standard InChI is InChI=1S/C20H24N2O2S/c1-5-19(23)22-9-8-15-11-16(6-7-18(15)22)20(24)21-13(3)17-10-12(2)25-14(17)4/h6-7,10-11,13H,5,8-9H2,1-4H3,(H,21,24). The van der Waals surface area contributed by atoms with Crippen molar-refractivity contribution in [2.45, 2.75) is 46.6 Å². The molecule has 25 heavy (non-hydrogen) atoms. The van der Waals surface area contributed by atoms with E-state index in [4.69, 9.17) is 0 Å². The topological polar surface area (TPSA) is 49.4 Å². The second-order valence-electron chi connectivity index (χ2n) is 6.56. The summed E-state index contributed by atoms with van der Waals surface area (Å²) in [5.74, 6) is 0.0618. The normalized spacial score (nSPS) is 14.3. The molecule has 5 heteroatoms. The van der Waals surface area contributed by atoms with Crippen LogP contribution >= 0.6 is 11.3 Å². The number of hydrogen-bond donors (Lipinski definition) is 1. The molecule has 2 amide bonds. The number of anilines is 1. The summed E-state index contributed by atoms with van der Waals surface area (Å²) in [6, 6.07) is 7.75. The summed E-state index contributed by atoms with van der Waals surface area (Å²) in [6.45, 7) is 8.76. The van der Waals surface area contributed by atoms with Crippen LogP contribution in [0.5, 0.6) is 0 Å². The highest BCUT2D eigenvalue weighted by Crippen LogP contribution is 2.30. The summed E-state index contributed by atoms with van der Waals surface area (Å²) >= 11 is 1.75. The number of carbonyl (C=O) groups excluding carboxylic acids is 2. The molecule has 0 fully saturated rings. The zero-order chi connectivity index (χ0) is 18.1. The Morgan fingerprint density at radius 2 is 2.04 bits per heavy atom. The highest BCUT2D eigenvalue weighted by atomic mass is 32.1. The third kappa shape index (κ3) is 3.47. The lowest BCUT2D eigenvalue weighted by molar-refractivity contribution is -0.118. The van der Waals surface area contributed by atoms with Gasteiger partial charge in [0.2, 0.25) is 5.91 Å². The number of hydrogen-bond acceptors (Lipinski definition) is 3. The highest BCUT2D eigenvalue weighted by molar-refractivity contribution is 7.12. The summed E-state index contributed by atoms with van der Waals surface area (Å²) in [5, 5.41) is 3.09. The van der Waals surface area contributed by atoms with E-state index in [1.54, 1.807) is 11.3 Å². The number of nitrogens with zero attached hydrogens (tertiary/aromatic N) is 1. The molecule has 1 aromatic heterocycles. The van der Waals surface area contributed by atoms with Crippen LogP contribution in [0.15, 0.2) is 24.3 Å². The van der Waals surface area contributed by atoms with Gasteiger partial charge in [0, 0.05) is 34.0 Å². The molecule has 3 rings (SSSR count). The molecule has 1 aromatic carbocycles. The van der Waals surface area contributed by atoms with Gasteiger partial charge in [0.25, 0.3) is 5.91 Å². The molecular weight excluding hydrogens is 332 g/mol. The van der Waals surface area contributed by atoms with Gasteiger partial charge in [-0.2, -0.15) is 0 Å². The summed E-state index contributed by atoms with van der Waals surface area (Å²) in [6.07, 6.45) is 1.30. The van der Waals surface area contributed by atoms with Gasteiger partial charge in [0.05, 0.1) is 6.04 Å². The number of carbonyl (C=O) groups is 2. The van der Waals surface area contributed by atoms with E-state index in [-0.39, 0.29) is 17.9 Å². The van der Waals surface area contributed by atoms with Crippen LogP contribution < -0.4 is 10.2 Å². The highest BCUT2D eigenvalue weighted by Gasteiger charge is 2.24. The van der Waals surface area contributed by atoms with E-state index in [9.17, 15) is 9.59 Å². The molecule has 0 saturated carbocycles. The summed E-state index contributed by atoms with van der Waals surface area (Å²) in [4.78, 5) is 28.9. The molecule has 0 bridgehead atoms. The van der Waals surface area contributed by atoms with E-state index in [1.807, 2.05) is 36.9 Å². The predicted octanol–water partition coefficient (Wildman–Crippen LogP) is 4.16. The molecule has 1 N–H and O–H groups in total. The van der Waals surface area contributed by atoms with E-state index in [0.29, 0.717) is 18.5 Å². The Kier molecular flexibility index (Phi) is 4.95. The van der Waals surface area contributed by atoms with Crippen LogP contribution in [-0.2, 0) is 11.2 Å². The fourth-order valence-corrected chi connectivity index (χ4v) is 4.45. The third-order valence-corrected chi connectivity index (χ3v) is 5.72. The summed E-state index contributed by atoms with van der Waals surface area (Å²) < 4.78 is 0. The van der Waals surface area contributed by atoms with Crippen LogP contribution in [0.3, 0.4) is 0 Å². The van der Waals surface area contributed by atoms with Crippen molar-refractivity contribution in [3.05, 3.63) is 50.7 Å². The smallest absolute Gasteiger partial charge is 0.251 e. The average Bonchev–Trinajstić information content (AvgIpc) is 3.16. The Morgan fingerprint density at radius 1 is 1.28 bits per heavy atom. The maximum absolute atomic E-state index is 12.6. The predicted molar refractivity (Wildman–Crippen MR) is 102 cm³/mol. The Labute approximate surface area is 152 Å². The number of nitrogens with one attached hydrogen (secondary N) is 1. The first-order valence-corrected chi connectivity index (χ1v) is 9.53. The van der Waals surface area contributed by atoms with E-state index >= 15 is 0 Å². The molecule has 4 nitrogen and oxygen atoms in total. The van der Waals surface area contributed by atoms with Crippen molar-refractivity contribution in [2.75, 3.05) is 11.4 Å². The van der Waals surface area contributed by atoms with Crippen LogP contribution in [0.1, 0.15) is 57.5 Å². The van der Waals surface area contributed by atoms with Gasteiger partial charge in [-0.15, -0.1) is 11.3 Å². The first-order chi connectivity index (χ1) is 11.9. The molecule has 0 spiro atoms. The quantitative estimate of drug-likeness (QED) is 0.894.